The largest absolute Gasteiger partial charge is 0.416 e. The Morgan fingerprint density at radius 2 is 1.76 bits per heavy atom. The highest BCUT2D eigenvalue weighted by Gasteiger charge is 2.33. The summed E-state index contributed by atoms with van der Waals surface area (Å²) in [6.07, 6.45) is -3.47. The molecule has 0 spiro atoms. The van der Waals surface area contributed by atoms with Crippen molar-refractivity contribution in [1.29, 1.82) is 0 Å². The zero-order valence-electron chi connectivity index (χ0n) is 8.64. The van der Waals surface area contributed by atoms with E-state index in [1.165, 1.54) is 12.1 Å². The van der Waals surface area contributed by atoms with Crippen molar-refractivity contribution in [2.24, 2.45) is 0 Å². The lowest BCUT2D eigenvalue weighted by atomic mass is 10.0. The fraction of sp³-hybridized carbons (Fsp3) is 0.0833. The SMILES string of the molecule is C=C(c1c[nH]c(=O)c2ccccc12)C(F)(F)F. The van der Waals surface area contributed by atoms with Gasteiger partial charge in [-0.2, -0.15) is 13.2 Å². The molecule has 2 rings (SSSR count). The minimum atomic E-state index is -4.51. The summed E-state index contributed by atoms with van der Waals surface area (Å²) in [5.41, 5.74) is -1.49. The number of allylic oxidation sites excluding steroid dienone is 1. The zero-order valence-corrected chi connectivity index (χ0v) is 8.64. The number of H-pyrrole nitrogens is 1. The molecule has 88 valence electrons. The predicted molar refractivity (Wildman–Crippen MR) is 59.7 cm³/mol. The molecule has 0 atom stereocenters. The first kappa shape index (κ1) is 11.4. The third kappa shape index (κ3) is 1.95. The van der Waals surface area contributed by atoms with Crippen LogP contribution in [-0.2, 0) is 0 Å². The van der Waals surface area contributed by atoms with E-state index in [1.54, 1.807) is 12.1 Å². The lowest BCUT2D eigenvalue weighted by molar-refractivity contribution is -0.0686. The first-order valence-corrected chi connectivity index (χ1v) is 4.78. The van der Waals surface area contributed by atoms with Gasteiger partial charge in [-0.25, -0.2) is 0 Å². The van der Waals surface area contributed by atoms with E-state index >= 15 is 0 Å². The van der Waals surface area contributed by atoms with Crippen LogP contribution in [-0.4, -0.2) is 11.2 Å². The van der Waals surface area contributed by atoms with Crippen molar-refractivity contribution in [3.05, 3.63) is 53.0 Å². The van der Waals surface area contributed by atoms with Gasteiger partial charge in [0.05, 0.1) is 5.57 Å². The third-order valence-corrected chi connectivity index (χ3v) is 2.48. The van der Waals surface area contributed by atoms with Gasteiger partial charge in [-0.15, -0.1) is 0 Å². The minimum absolute atomic E-state index is 0.104. The molecule has 0 fully saturated rings. The Balaban J connectivity index is 2.77. The van der Waals surface area contributed by atoms with Crippen molar-refractivity contribution in [2.45, 2.75) is 6.18 Å². The van der Waals surface area contributed by atoms with Crippen LogP contribution in [0.1, 0.15) is 5.56 Å². The van der Waals surface area contributed by atoms with Crippen molar-refractivity contribution >= 4 is 16.3 Å². The van der Waals surface area contributed by atoms with Crippen molar-refractivity contribution in [3.63, 3.8) is 0 Å². The normalized spacial score (nSPS) is 11.7. The number of nitrogens with one attached hydrogen (secondary N) is 1. The van der Waals surface area contributed by atoms with Crippen LogP contribution in [0.2, 0.25) is 0 Å². The van der Waals surface area contributed by atoms with E-state index < -0.39 is 17.3 Å². The van der Waals surface area contributed by atoms with E-state index in [-0.39, 0.29) is 16.3 Å². The maximum absolute atomic E-state index is 12.6. The second kappa shape index (κ2) is 3.76. The summed E-state index contributed by atoms with van der Waals surface area (Å²) < 4.78 is 37.7. The van der Waals surface area contributed by atoms with Crippen molar-refractivity contribution in [1.82, 2.24) is 4.98 Å². The topological polar surface area (TPSA) is 32.9 Å². The van der Waals surface area contributed by atoms with E-state index in [1.807, 2.05) is 0 Å². The summed E-state index contributed by atoms with van der Waals surface area (Å²) in [6, 6.07) is 6.12. The summed E-state index contributed by atoms with van der Waals surface area (Å²) in [6.45, 7) is 3.03. The monoisotopic (exact) mass is 239 g/mol. The summed E-state index contributed by atoms with van der Waals surface area (Å²) in [7, 11) is 0. The van der Waals surface area contributed by atoms with Crippen LogP contribution >= 0.6 is 0 Å². The van der Waals surface area contributed by atoms with Gasteiger partial charge >= 0.3 is 6.18 Å². The molecule has 5 heteroatoms. The molecule has 2 aromatic rings. The first-order chi connectivity index (χ1) is 7.91. The molecule has 1 aromatic carbocycles. The summed E-state index contributed by atoms with van der Waals surface area (Å²) in [5, 5.41) is 0.467. The van der Waals surface area contributed by atoms with Crippen LogP contribution in [0.15, 0.2) is 41.8 Å². The number of aromatic amines is 1. The molecule has 1 heterocycles. The van der Waals surface area contributed by atoms with Gasteiger partial charge in [0.1, 0.15) is 0 Å². The number of rotatable bonds is 1. The molecule has 0 saturated heterocycles. The van der Waals surface area contributed by atoms with Gasteiger partial charge in [-0.1, -0.05) is 24.8 Å². The van der Waals surface area contributed by atoms with E-state index in [9.17, 15) is 18.0 Å². The van der Waals surface area contributed by atoms with Gasteiger partial charge in [0.15, 0.2) is 0 Å². The van der Waals surface area contributed by atoms with Crippen molar-refractivity contribution < 1.29 is 13.2 Å². The minimum Gasteiger partial charge on any atom is -0.328 e. The van der Waals surface area contributed by atoms with Gasteiger partial charge < -0.3 is 4.98 Å². The fourth-order valence-electron chi connectivity index (χ4n) is 1.61. The standard InChI is InChI=1S/C12H8F3NO/c1-7(12(13,14)15)10-6-16-11(17)9-5-3-2-4-8(9)10/h2-6H,1H2,(H,16,17). The number of alkyl halides is 3. The maximum Gasteiger partial charge on any atom is 0.416 e. The van der Waals surface area contributed by atoms with Crippen molar-refractivity contribution in [3.8, 4) is 0 Å². The Bertz CT molecular complexity index is 640. The molecule has 1 N–H and O–H groups in total. The highest BCUT2D eigenvalue weighted by atomic mass is 19.4. The van der Waals surface area contributed by atoms with Crippen molar-refractivity contribution in [2.75, 3.05) is 0 Å². The zero-order chi connectivity index (χ0) is 12.6. The van der Waals surface area contributed by atoms with Gasteiger partial charge in [-0.05, 0) is 11.5 Å². The Kier molecular flexibility index (Phi) is 2.53. The third-order valence-electron chi connectivity index (χ3n) is 2.48. The molecule has 2 nitrogen and oxygen atoms in total. The Labute approximate surface area is 94.4 Å². The average Bonchev–Trinajstić information content (AvgIpc) is 2.28. The molecule has 0 radical (unpaired) electrons. The molecule has 1 aromatic heterocycles. The number of aromatic nitrogens is 1. The molecule has 0 aliphatic carbocycles. The lowest BCUT2D eigenvalue weighted by Crippen LogP contribution is -2.13. The molecule has 0 saturated carbocycles. The molecule has 17 heavy (non-hydrogen) atoms. The van der Waals surface area contributed by atoms with Crippen LogP contribution in [0.25, 0.3) is 16.3 Å². The highest BCUT2D eigenvalue weighted by Crippen LogP contribution is 2.34. The number of benzene rings is 1. The molecule has 0 aliphatic heterocycles. The second-order valence-corrected chi connectivity index (χ2v) is 3.55. The fourth-order valence-corrected chi connectivity index (χ4v) is 1.61. The number of hydrogen-bond donors (Lipinski definition) is 1. The van der Waals surface area contributed by atoms with Gasteiger partial charge in [-0.3, -0.25) is 4.79 Å². The smallest absolute Gasteiger partial charge is 0.328 e. The quantitative estimate of drug-likeness (QED) is 0.814. The summed E-state index contributed by atoms with van der Waals surface area (Å²) in [5.74, 6) is 0. The molecule has 0 amide bonds. The highest BCUT2D eigenvalue weighted by molar-refractivity contribution is 5.93. The van der Waals surface area contributed by atoms with Crippen LogP contribution in [0.4, 0.5) is 13.2 Å². The second-order valence-electron chi connectivity index (χ2n) is 3.55. The molecule has 0 unspecified atom stereocenters. The van der Waals surface area contributed by atoms with Crippen LogP contribution in [0.3, 0.4) is 0 Å². The first-order valence-electron chi connectivity index (χ1n) is 4.78. The van der Waals surface area contributed by atoms with Crippen LogP contribution in [0, 0.1) is 0 Å². The van der Waals surface area contributed by atoms with Gasteiger partial charge in [0.25, 0.3) is 5.56 Å². The van der Waals surface area contributed by atoms with E-state index in [4.69, 9.17) is 0 Å². The van der Waals surface area contributed by atoms with E-state index in [0.29, 0.717) is 0 Å². The predicted octanol–water partition coefficient (Wildman–Crippen LogP) is 3.10. The Morgan fingerprint density at radius 1 is 1.18 bits per heavy atom. The number of hydrogen-bond acceptors (Lipinski definition) is 1. The summed E-state index contributed by atoms with van der Waals surface area (Å²) >= 11 is 0. The number of pyridine rings is 1. The Hall–Kier alpha value is -2.04. The van der Waals surface area contributed by atoms with E-state index in [2.05, 4.69) is 11.6 Å². The molecular weight excluding hydrogens is 231 g/mol. The van der Waals surface area contributed by atoms with Crippen LogP contribution < -0.4 is 5.56 Å². The number of fused-ring (bicyclic) bond motifs is 1. The van der Waals surface area contributed by atoms with Gasteiger partial charge in [0.2, 0.25) is 0 Å². The maximum atomic E-state index is 12.6. The molecule has 0 bridgehead atoms. The van der Waals surface area contributed by atoms with E-state index in [0.717, 1.165) is 6.20 Å². The average molecular weight is 239 g/mol. The molecule has 0 aliphatic rings. The van der Waals surface area contributed by atoms with Crippen LogP contribution in [0.5, 0.6) is 0 Å². The molecular formula is C12H8F3NO. The lowest BCUT2D eigenvalue weighted by Gasteiger charge is -2.12. The summed E-state index contributed by atoms with van der Waals surface area (Å²) in [4.78, 5) is 13.7. The van der Waals surface area contributed by atoms with Gasteiger partial charge in [0, 0.05) is 17.1 Å². The Morgan fingerprint density at radius 3 is 2.35 bits per heavy atom. The number of halogens is 3.